The van der Waals surface area contributed by atoms with Crippen LogP contribution in [0.2, 0.25) is 5.02 Å². The summed E-state index contributed by atoms with van der Waals surface area (Å²) in [6.07, 6.45) is 0. The number of hydrogen-bond acceptors (Lipinski definition) is 4. The molecule has 1 heterocycles. The number of anilines is 1. The SMILES string of the molecule is CCNc1cc(C)nc(COc2ccc(F)c(Cl)c2)n1. The minimum Gasteiger partial charge on any atom is -0.486 e. The molecule has 0 unspecified atom stereocenters. The molecule has 1 aromatic heterocycles. The van der Waals surface area contributed by atoms with Gasteiger partial charge in [-0.1, -0.05) is 11.6 Å². The Hall–Kier alpha value is -1.88. The molecule has 0 fully saturated rings. The maximum absolute atomic E-state index is 13.0. The van der Waals surface area contributed by atoms with Crippen molar-refractivity contribution in [3.05, 3.63) is 46.6 Å². The van der Waals surface area contributed by atoms with Crippen LogP contribution in [0.25, 0.3) is 0 Å². The third-order valence-electron chi connectivity index (χ3n) is 2.52. The van der Waals surface area contributed by atoms with Crippen LogP contribution in [0.1, 0.15) is 18.4 Å². The summed E-state index contributed by atoms with van der Waals surface area (Å²) in [5.74, 6) is 1.32. The van der Waals surface area contributed by atoms with Crippen LogP contribution >= 0.6 is 11.6 Å². The van der Waals surface area contributed by atoms with Crippen molar-refractivity contribution in [1.82, 2.24) is 9.97 Å². The number of hydrogen-bond donors (Lipinski definition) is 1. The number of halogens is 2. The summed E-state index contributed by atoms with van der Waals surface area (Å²) in [5.41, 5.74) is 0.853. The van der Waals surface area contributed by atoms with E-state index >= 15 is 0 Å². The first-order valence-corrected chi connectivity index (χ1v) is 6.62. The summed E-state index contributed by atoms with van der Waals surface area (Å²) in [6.45, 7) is 4.86. The second kappa shape index (κ2) is 6.52. The van der Waals surface area contributed by atoms with E-state index in [4.69, 9.17) is 16.3 Å². The topological polar surface area (TPSA) is 47.0 Å². The molecule has 2 aromatic rings. The molecule has 4 nitrogen and oxygen atoms in total. The first-order chi connectivity index (χ1) is 9.58. The number of nitrogens with zero attached hydrogens (tertiary/aromatic N) is 2. The van der Waals surface area contributed by atoms with Crippen LogP contribution in [0, 0.1) is 12.7 Å². The van der Waals surface area contributed by atoms with E-state index in [9.17, 15) is 4.39 Å². The summed E-state index contributed by atoms with van der Waals surface area (Å²) in [7, 11) is 0. The standard InChI is InChI=1S/C14H15ClFN3O/c1-3-17-13-6-9(2)18-14(19-13)8-20-10-4-5-12(16)11(15)7-10/h4-7H,3,8H2,1-2H3,(H,17,18,19). The third kappa shape index (κ3) is 3.81. The van der Waals surface area contributed by atoms with Crippen molar-refractivity contribution < 1.29 is 9.13 Å². The van der Waals surface area contributed by atoms with Crippen molar-refractivity contribution in [3.63, 3.8) is 0 Å². The molecule has 0 radical (unpaired) electrons. The minimum atomic E-state index is -0.472. The lowest BCUT2D eigenvalue weighted by molar-refractivity contribution is 0.295. The fraction of sp³-hybridized carbons (Fsp3) is 0.286. The molecular formula is C14H15ClFN3O. The van der Waals surface area contributed by atoms with Gasteiger partial charge >= 0.3 is 0 Å². The van der Waals surface area contributed by atoms with Gasteiger partial charge in [-0.15, -0.1) is 0 Å². The zero-order valence-electron chi connectivity index (χ0n) is 11.3. The van der Waals surface area contributed by atoms with Crippen molar-refractivity contribution in [3.8, 4) is 5.75 Å². The molecule has 106 valence electrons. The Kier molecular flexibility index (Phi) is 4.74. The molecule has 0 aliphatic heterocycles. The van der Waals surface area contributed by atoms with Gasteiger partial charge in [0.25, 0.3) is 0 Å². The van der Waals surface area contributed by atoms with Gasteiger partial charge in [-0.3, -0.25) is 0 Å². The van der Waals surface area contributed by atoms with Crippen molar-refractivity contribution in [2.75, 3.05) is 11.9 Å². The van der Waals surface area contributed by atoms with Gasteiger partial charge in [0.15, 0.2) is 5.82 Å². The third-order valence-corrected chi connectivity index (χ3v) is 2.81. The Bertz CT molecular complexity index is 607. The highest BCUT2D eigenvalue weighted by atomic mass is 35.5. The molecular weight excluding hydrogens is 281 g/mol. The Morgan fingerprint density at radius 2 is 2.10 bits per heavy atom. The van der Waals surface area contributed by atoms with Gasteiger partial charge in [0.05, 0.1) is 5.02 Å². The highest BCUT2D eigenvalue weighted by Crippen LogP contribution is 2.21. The fourth-order valence-electron chi connectivity index (χ4n) is 1.68. The van der Waals surface area contributed by atoms with E-state index in [0.717, 1.165) is 18.1 Å². The zero-order chi connectivity index (χ0) is 14.5. The van der Waals surface area contributed by atoms with Crippen LogP contribution in [-0.4, -0.2) is 16.5 Å². The van der Waals surface area contributed by atoms with Crippen LogP contribution in [0.15, 0.2) is 24.3 Å². The Labute approximate surface area is 122 Å². The first kappa shape index (κ1) is 14.5. The van der Waals surface area contributed by atoms with Gasteiger partial charge in [-0.05, 0) is 26.0 Å². The smallest absolute Gasteiger partial charge is 0.168 e. The van der Waals surface area contributed by atoms with E-state index in [2.05, 4.69) is 15.3 Å². The molecule has 6 heteroatoms. The van der Waals surface area contributed by atoms with Crippen molar-refractivity contribution in [2.45, 2.75) is 20.5 Å². The average Bonchev–Trinajstić information content (AvgIpc) is 2.40. The molecule has 0 saturated heterocycles. The number of aryl methyl sites for hydroxylation is 1. The predicted molar refractivity (Wildman–Crippen MR) is 76.7 cm³/mol. The maximum atomic E-state index is 13.0. The van der Waals surface area contributed by atoms with E-state index in [1.165, 1.54) is 18.2 Å². The molecule has 0 spiro atoms. The number of aromatic nitrogens is 2. The fourth-order valence-corrected chi connectivity index (χ4v) is 1.85. The number of nitrogens with one attached hydrogen (secondary N) is 1. The predicted octanol–water partition coefficient (Wildman–Crippen LogP) is 3.59. The van der Waals surface area contributed by atoms with E-state index in [0.29, 0.717) is 11.6 Å². The van der Waals surface area contributed by atoms with Gasteiger partial charge < -0.3 is 10.1 Å². The van der Waals surface area contributed by atoms with Crippen molar-refractivity contribution >= 4 is 17.4 Å². The molecule has 2 rings (SSSR count). The van der Waals surface area contributed by atoms with Crippen molar-refractivity contribution in [2.24, 2.45) is 0 Å². The summed E-state index contributed by atoms with van der Waals surface area (Å²) < 4.78 is 18.5. The van der Waals surface area contributed by atoms with E-state index < -0.39 is 5.82 Å². The monoisotopic (exact) mass is 295 g/mol. The second-order valence-corrected chi connectivity index (χ2v) is 4.61. The van der Waals surface area contributed by atoms with Gasteiger partial charge in [0.2, 0.25) is 0 Å². The molecule has 0 amide bonds. The van der Waals surface area contributed by atoms with Crippen LogP contribution in [0.3, 0.4) is 0 Å². The molecule has 20 heavy (non-hydrogen) atoms. The Morgan fingerprint density at radius 3 is 2.80 bits per heavy atom. The lowest BCUT2D eigenvalue weighted by Gasteiger charge is -2.09. The van der Waals surface area contributed by atoms with Crippen molar-refractivity contribution in [1.29, 1.82) is 0 Å². The number of rotatable bonds is 5. The summed E-state index contributed by atoms with van der Waals surface area (Å²) >= 11 is 5.69. The van der Waals surface area contributed by atoms with Crippen LogP contribution < -0.4 is 10.1 Å². The summed E-state index contributed by atoms with van der Waals surface area (Å²) in [4.78, 5) is 8.61. The summed E-state index contributed by atoms with van der Waals surface area (Å²) in [5, 5.41) is 3.15. The largest absolute Gasteiger partial charge is 0.486 e. The molecule has 0 saturated carbocycles. The average molecular weight is 296 g/mol. The quantitative estimate of drug-likeness (QED) is 0.916. The zero-order valence-corrected chi connectivity index (χ0v) is 12.0. The normalized spacial score (nSPS) is 10.4. The Morgan fingerprint density at radius 1 is 1.30 bits per heavy atom. The van der Waals surface area contributed by atoms with E-state index in [-0.39, 0.29) is 11.6 Å². The molecule has 0 atom stereocenters. The molecule has 0 aliphatic carbocycles. The molecule has 1 N–H and O–H groups in total. The van der Waals surface area contributed by atoms with Gasteiger partial charge in [-0.2, -0.15) is 0 Å². The number of benzene rings is 1. The van der Waals surface area contributed by atoms with Gasteiger partial charge in [0, 0.05) is 24.4 Å². The van der Waals surface area contributed by atoms with Crippen LogP contribution in [0.4, 0.5) is 10.2 Å². The Balaban J connectivity index is 2.08. The van der Waals surface area contributed by atoms with Gasteiger partial charge in [0.1, 0.15) is 24.0 Å². The molecule has 0 bridgehead atoms. The van der Waals surface area contributed by atoms with Gasteiger partial charge in [-0.25, -0.2) is 14.4 Å². The highest BCUT2D eigenvalue weighted by molar-refractivity contribution is 6.30. The highest BCUT2D eigenvalue weighted by Gasteiger charge is 2.05. The van der Waals surface area contributed by atoms with Crippen LogP contribution in [0.5, 0.6) is 5.75 Å². The first-order valence-electron chi connectivity index (χ1n) is 6.24. The van der Waals surface area contributed by atoms with E-state index in [1.807, 2.05) is 19.9 Å². The maximum Gasteiger partial charge on any atom is 0.168 e. The van der Waals surface area contributed by atoms with Crippen LogP contribution in [-0.2, 0) is 6.61 Å². The lowest BCUT2D eigenvalue weighted by Crippen LogP contribution is -2.07. The second-order valence-electron chi connectivity index (χ2n) is 4.21. The molecule has 0 aliphatic rings. The summed E-state index contributed by atoms with van der Waals surface area (Å²) in [6, 6.07) is 6.07. The lowest BCUT2D eigenvalue weighted by atomic mass is 10.3. The minimum absolute atomic E-state index is 0.0287. The number of ether oxygens (including phenoxy) is 1. The van der Waals surface area contributed by atoms with E-state index in [1.54, 1.807) is 0 Å². The molecule has 1 aromatic carbocycles.